The molecule has 0 spiro atoms. The maximum Gasteiger partial charge on any atom is 1.00 e. The number of carbonyl (C=O) groups is 1. The van der Waals surface area contributed by atoms with Crippen LogP contribution < -0.4 is 34.7 Å². The van der Waals surface area contributed by atoms with Gasteiger partial charge in [-0.1, -0.05) is 30.3 Å². The zero-order valence-electron chi connectivity index (χ0n) is 7.65. The summed E-state index contributed by atoms with van der Waals surface area (Å²) >= 11 is 0. The third kappa shape index (κ3) is 2.81. The van der Waals surface area contributed by atoms with Gasteiger partial charge in [0.25, 0.3) is 0 Å². The summed E-state index contributed by atoms with van der Waals surface area (Å²) in [6.45, 7) is 1.19. The molecule has 3 nitrogen and oxygen atoms in total. The van der Waals surface area contributed by atoms with E-state index in [1.54, 1.807) is 18.2 Å². The zero-order chi connectivity index (χ0) is 9.19. The van der Waals surface area contributed by atoms with E-state index in [4.69, 9.17) is 0 Å². The molecule has 0 fully saturated rings. The molecule has 1 N–H and O–H groups in total. The second-order valence-corrected chi connectivity index (χ2v) is 2.73. The monoisotopic (exact) mass is 188 g/mol. The standard InChI is InChI=1S/C9H10O3.Na/c1-9(12,8(10)11)7-5-3-2-4-6-7;/h2-6,12H,1H3,(H,10,11);/q;+1/p-1/t9-;/m0./s1. The molecule has 0 heterocycles. The largest absolute Gasteiger partial charge is 1.00 e. The van der Waals surface area contributed by atoms with E-state index >= 15 is 0 Å². The summed E-state index contributed by atoms with van der Waals surface area (Å²) in [7, 11) is 0. The van der Waals surface area contributed by atoms with E-state index in [-0.39, 0.29) is 29.6 Å². The number of aliphatic carboxylic acids is 1. The predicted octanol–water partition coefficient (Wildman–Crippen LogP) is -3.35. The molecule has 0 aliphatic carbocycles. The van der Waals surface area contributed by atoms with Gasteiger partial charge in [0.05, 0.1) is 5.97 Å². The Morgan fingerprint density at radius 1 is 1.38 bits per heavy atom. The fraction of sp³-hybridized carbons (Fsp3) is 0.222. The molecule has 1 atom stereocenters. The molecular weight excluding hydrogens is 179 g/mol. The summed E-state index contributed by atoms with van der Waals surface area (Å²) in [6, 6.07) is 8.14. The van der Waals surface area contributed by atoms with E-state index in [0.29, 0.717) is 5.56 Å². The van der Waals surface area contributed by atoms with Crippen LogP contribution in [-0.2, 0) is 10.4 Å². The van der Waals surface area contributed by atoms with E-state index in [0.717, 1.165) is 0 Å². The van der Waals surface area contributed by atoms with E-state index in [1.807, 2.05) is 0 Å². The van der Waals surface area contributed by atoms with E-state index < -0.39 is 11.6 Å². The van der Waals surface area contributed by atoms with Crippen LogP contribution in [0.5, 0.6) is 0 Å². The van der Waals surface area contributed by atoms with Crippen LogP contribution in [0, 0.1) is 0 Å². The Morgan fingerprint density at radius 3 is 2.23 bits per heavy atom. The minimum Gasteiger partial charge on any atom is -0.547 e. The van der Waals surface area contributed by atoms with Gasteiger partial charge in [-0.2, -0.15) is 0 Å². The number of benzene rings is 1. The van der Waals surface area contributed by atoms with Gasteiger partial charge in [0.2, 0.25) is 0 Å². The van der Waals surface area contributed by atoms with Gasteiger partial charge in [0.1, 0.15) is 5.60 Å². The molecule has 4 heteroatoms. The third-order valence-corrected chi connectivity index (χ3v) is 1.73. The number of carbonyl (C=O) groups excluding carboxylic acids is 1. The number of hydrogen-bond acceptors (Lipinski definition) is 3. The molecule has 0 saturated carbocycles. The van der Waals surface area contributed by atoms with Crippen molar-refractivity contribution >= 4 is 5.97 Å². The van der Waals surface area contributed by atoms with Crippen molar-refractivity contribution in [1.29, 1.82) is 0 Å². The van der Waals surface area contributed by atoms with E-state index in [9.17, 15) is 15.0 Å². The van der Waals surface area contributed by atoms with Gasteiger partial charge in [-0.15, -0.1) is 0 Å². The third-order valence-electron chi connectivity index (χ3n) is 1.73. The fourth-order valence-electron chi connectivity index (χ4n) is 0.881. The van der Waals surface area contributed by atoms with Crippen molar-refractivity contribution in [1.82, 2.24) is 0 Å². The number of carboxylic acid groups (broad SMARTS) is 1. The summed E-state index contributed by atoms with van der Waals surface area (Å²) in [6.07, 6.45) is 0. The Hall–Kier alpha value is -0.350. The Balaban J connectivity index is 0.00000144. The van der Waals surface area contributed by atoms with Crippen molar-refractivity contribution < 1.29 is 44.6 Å². The molecule has 0 bridgehead atoms. The van der Waals surface area contributed by atoms with Crippen molar-refractivity contribution in [2.75, 3.05) is 0 Å². The number of aliphatic hydroxyl groups is 1. The summed E-state index contributed by atoms with van der Waals surface area (Å²) in [4.78, 5) is 10.5. The van der Waals surface area contributed by atoms with Gasteiger partial charge in [0, 0.05) is 0 Å². The Kier molecular flexibility index (Phi) is 4.64. The van der Waals surface area contributed by atoms with Crippen molar-refractivity contribution in [3.63, 3.8) is 0 Å². The van der Waals surface area contributed by atoms with Gasteiger partial charge < -0.3 is 15.0 Å². The minimum atomic E-state index is -1.90. The summed E-state index contributed by atoms with van der Waals surface area (Å²) < 4.78 is 0. The van der Waals surface area contributed by atoms with Crippen molar-refractivity contribution in [2.45, 2.75) is 12.5 Å². The van der Waals surface area contributed by atoms with Crippen LogP contribution >= 0.6 is 0 Å². The SMILES string of the molecule is C[C@@](O)(C(=O)[O-])c1ccccc1.[Na+]. The molecule has 0 unspecified atom stereocenters. The van der Waals surface area contributed by atoms with Crippen LogP contribution in [0.4, 0.5) is 0 Å². The van der Waals surface area contributed by atoms with Crippen LogP contribution in [0.1, 0.15) is 12.5 Å². The van der Waals surface area contributed by atoms with Gasteiger partial charge in [-0.25, -0.2) is 0 Å². The molecule has 0 amide bonds. The molecule has 0 aromatic heterocycles. The van der Waals surface area contributed by atoms with E-state index in [2.05, 4.69) is 0 Å². The molecule has 1 aromatic carbocycles. The summed E-state index contributed by atoms with van der Waals surface area (Å²) in [5, 5.41) is 19.9. The van der Waals surface area contributed by atoms with Crippen molar-refractivity contribution in [2.24, 2.45) is 0 Å². The zero-order valence-corrected chi connectivity index (χ0v) is 9.65. The topological polar surface area (TPSA) is 60.4 Å². The average Bonchev–Trinajstić information content (AvgIpc) is 2.06. The molecule has 1 rings (SSSR count). The van der Waals surface area contributed by atoms with Crippen LogP contribution in [0.25, 0.3) is 0 Å². The maximum absolute atomic E-state index is 10.5. The Bertz CT molecular complexity index is 282. The number of hydrogen-bond donors (Lipinski definition) is 1. The smallest absolute Gasteiger partial charge is 0.547 e. The average molecular weight is 188 g/mol. The first-order chi connectivity index (χ1) is 5.55. The second-order valence-electron chi connectivity index (χ2n) is 2.73. The van der Waals surface area contributed by atoms with Crippen molar-refractivity contribution in [3.05, 3.63) is 35.9 Å². The first-order valence-corrected chi connectivity index (χ1v) is 3.54. The molecule has 1 aromatic rings. The van der Waals surface area contributed by atoms with E-state index in [1.165, 1.54) is 19.1 Å². The summed E-state index contributed by atoms with van der Waals surface area (Å²) in [5.74, 6) is -1.49. The van der Waals surface area contributed by atoms with Crippen LogP contribution in [0.2, 0.25) is 0 Å². The Labute approximate surface area is 98.7 Å². The van der Waals surface area contributed by atoms with Gasteiger partial charge in [-0.05, 0) is 12.5 Å². The number of rotatable bonds is 2. The maximum atomic E-state index is 10.5. The van der Waals surface area contributed by atoms with Crippen LogP contribution in [0.3, 0.4) is 0 Å². The second kappa shape index (κ2) is 4.77. The van der Waals surface area contributed by atoms with Gasteiger partial charge >= 0.3 is 29.6 Å². The molecular formula is C9H9NaO3. The quantitative estimate of drug-likeness (QED) is 0.493. The van der Waals surface area contributed by atoms with Crippen molar-refractivity contribution in [3.8, 4) is 0 Å². The first-order valence-electron chi connectivity index (χ1n) is 3.54. The van der Waals surface area contributed by atoms with Gasteiger partial charge in [-0.3, -0.25) is 0 Å². The molecule has 0 saturated heterocycles. The van der Waals surface area contributed by atoms with Crippen LogP contribution in [-0.4, -0.2) is 11.1 Å². The molecule has 0 aliphatic heterocycles. The normalized spacial score (nSPS) is 14.0. The molecule has 13 heavy (non-hydrogen) atoms. The predicted molar refractivity (Wildman–Crippen MR) is 41.0 cm³/mol. The van der Waals surface area contributed by atoms with Crippen LogP contribution in [0.15, 0.2) is 30.3 Å². The van der Waals surface area contributed by atoms with Gasteiger partial charge in [0.15, 0.2) is 0 Å². The first kappa shape index (κ1) is 12.7. The minimum absolute atomic E-state index is 0. The molecule has 64 valence electrons. The molecule has 0 aliphatic rings. The number of carboxylic acids is 1. The summed E-state index contributed by atoms with van der Waals surface area (Å²) in [5.41, 5.74) is -1.58. The fourth-order valence-corrected chi connectivity index (χ4v) is 0.881. The molecule has 0 radical (unpaired) electrons. The Morgan fingerprint density at radius 2 is 1.85 bits per heavy atom.